The molecule has 5 heteroatoms. The van der Waals surface area contributed by atoms with Gasteiger partial charge in [-0.05, 0) is 51.9 Å². The minimum atomic E-state index is -0.610. The quantitative estimate of drug-likeness (QED) is 0.756. The molecule has 2 rings (SSSR count). The normalized spacial score (nSPS) is 27.4. The fourth-order valence-electron chi connectivity index (χ4n) is 3.27. The Morgan fingerprint density at radius 3 is 2.84 bits per heavy atom. The van der Waals surface area contributed by atoms with Gasteiger partial charge in [0.05, 0.1) is 0 Å². The van der Waals surface area contributed by atoms with Gasteiger partial charge in [-0.15, -0.1) is 0 Å². The Morgan fingerprint density at radius 1 is 1.47 bits per heavy atom. The van der Waals surface area contributed by atoms with Crippen molar-refractivity contribution in [1.82, 2.24) is 15.5 Å². The van der Waals surface area contributed by atoms with Crippen LogP contribution in [0.5, 0.6) is 0 Å². The van der Waals surface area contributed by atoms with E-state index < -0.39 is 5.60 Å². The third-order valence-electron chi connectivity index (χ3n) is 4.62. The number of amides is 1. The van der Waals surface area contributed by atoms with Crippen LogP contribution in [0.2, 0.25) is 0 Å². The zero-order valence-corrected chi connectivity index (χ0v) is 12.2. The molecule has 19 heavy (non-hydrogen) atoms. The van der Waals surface area contributed by atoms with Crippen LogP contribution in [0.1, 0.15) is 32.6 Å². The lowest BCUT2D eigenvalue weighted by atomic mass is 9.91. The molecule has 0 saturated carbocycles. The second-order valence-electron chi connectivity index (χ2n) is 5.58. The van der Waals surface area contributed by atoms with E-state index in [4.69, 9.17) is 4.74 Å². The van der Waals surface area contributed by atoms with Gasteiger partial charge in [0.1, 0.15) is 5.60 Å². The van der Waals surface area contributed by atoms with Crippen molar-refractivity contribution in [3.8, 4) is 0 Å². The second kappa shape index (κ2) is 6.68. The van der Waals surface area contributed by atoms with Crippen molar-refractivity contribution in [2.75, 3.05) is 39.8 Å². The summed E-state index contributed by atoms with van der Waals surface area (Å²) in [5.41, 5.74) is -0.610. The Bertz CT molecular complexity index is 303. The first-order chi connectivity index (χ1) is 9.22. The van der Waals surface area contributed by atoms with Gasteiger partial charge in [-0.2, -0.15) is 0 Å². The molecule has 0 aliphatic carbocycles. The summed E-state index contributed by atoms with van der Waals surface area (Å²) < 4.78 is 5.54. The number of nitrogens with one attached hydrogen (secondary N) is 2. The molecule has 110 valence electrons. The third kappa shape index (κ3) is 3.27. The van der Waals surface area contributed by atoms with Crippen LogP contribution < -0.4 is 10.6 Å². The van der Waals surface area contributed by atoms with Crippen LogP contribution in [0.15, 0.2) is 0 Å². The van der Waals surface area contributed by atoms with Gasteiger partial charge in [-0.3, -0.25) is 9.69 Å². The van der Waals surface area contributed by atoms with Gasteiger partial charge in [0.15, 0.2) is 0 Å². The second-order valence-corrected chi connectivity index (χ2v) is 5.58. The van der Waals surface area contributed by atoms with Gasteiger partial charge in [0, 0.05) is 19.7 Å². The molecule has 2 aliphatic rings. The van der Waals surface area contributed by atoms with Crippen LogP contribution in [0, 0.1) is 0 Å². The van der Waals surface area contributed by atoms with Crippen molar-refractivity contribution < 1.29 is 9.53 Å². The molecule has 0 aromatic heterocycles. The molecule has 1 unspecified atom stereocenters. The Morgan fingerprint density at radius 2 is 2.21 bits per heavy atom. The van der Waals surface area contributed by atoms with Crippen molar-refractivity contribution in [3.63, 3.8) is 0 Å². The lowest BCUT2D eigenvalue weighted by Gasteiger charge is -2.35. The van der Waals surface area contributed by atoms with Crippen LogP contribution in [0.4, 0.5) is 0 Å². The fourth-order valence-corrected chi connectivity index (χ4v) is 3.27. The number of carbonyl (C=O) groups excluding carboxylic acids is 1. The average Bonchev–Trinajstić information content (AvgIpc) is 2.92. The summed E-state index contributed by atoms with van der Waals surface area (Å²) in [7, 11) is 1.65. The lowest BCUT2D eigenvalue weighted by molar-refractivity contribution is -0.146. The molecule has 1 amide bonds. The van der Waals surface area contributed by atoms with Crippen LogP contribution >= 0.6 is 0 Å². The minimum Gasteiger partial charge on any atom is -0.368 e. The number of ether oxygens (including phenoxy) is 1. The standard InChI is InChI=1S/C14H27N3O2/c1-3-17-10-4-5-12(17)11-16-13(18)14(19-2)6-8-15-9-7-14/h12,15H,3-11H2,1-2H3,(H,16,18). The van der Waals surface area contributed by atoms with Crippen molar-refractivity contribution >= 4 is 5.91 Å². The van der Waals surface area contributed by atoms with E-state index in [-0.39, 0.29) is 5.91 Å². The molecule has 0 aromatic rings. The number of rotatable bonds is 5. The number of hydrogen-bond donors (Lipinski definition) is 2. The third-order valence-corrected chi connectivity index (χ3v) is 4.62. The molecule has 0 aromatic carbocycles. The van der Waals surface area contributed by atoms with Crippen LogP contribution in [0.3, 0.4) is 0 Å². The zero-order chi connectivity index (χ0) is 13.7. The molecule has 2 aliphatic heterocycles. The van der Waals surface area contributed by atoms with Gasteiger partial charge >= 0.3 is 0 Å². The number of piperidine rings is 1. The summed E-state index contributed by atoms with van der Waals surface area (Å²) in [4.78, 5) is 14.9. The molecule has 1 atom stereocenters. The molecule has 2 fully saturated rings. The van der Waals surface area contributed by atoms with Crippen molar-refractivity contribution in [2.45, 2.75) is 44.2 Å². The first kappa shape index (κ1) is 14.8. The number of likely N-dealkylation sites (N-methyl/N-ethyl adjacent to an activating group) is 1. The predicted molar refractivity (Wildman–Crippen MR) is 75.1 cm³/mol. The largest absolute Gasteiger partial charge is 0.368 e. The smallest absolute Gasteiger partial charge is 0.252 e. The number of nitrogens with zero attached hydrogens (tertiary/aromatic N) is 1. The van der Waals surface area contributed by atoms with Gasteiger partial charge in [-0.1, -0.05) is 6.92 Å². The number of likely N-dealkylation sites (tertiary alicyclic amines) is 1. The molecular weight excluding hydrogens is 242 g/mol. The molecule has 0 radical (unpaired) electrons. The van der Waals surface area contributed by atoms with Gasteiger partial charge in [0.2, 0.25) is 0 Å². The van der Waals surface area contributed by atoms with E-state index in [1.165, 1.54) is 12.8 Å². The number of methoxy groups -OCH3 is 1. The molecule has 2 saturated heterocycles. The van der Waals surface area contributed by atoms with E-state index in [9.17, 15) is 4.79 Å². The van der Waals surface area contributed by atoms with Gasteiger partial charge in [0.25, 0.3) is 5.91 Å². The summed E-state index contributed by atoms with van der Waals surface area (Å²) in [5.74, 6) is 0.0689. The van der Waals surface area contributed by atoms with Crippen LogP contribution in [0.25, 0.3) is 0 Å². The first-order valence-electron chi connectivity index (χ1n) is 7.50. The maximum absolute atomic E-state index is 12.4. The molecule has 0 bridgehead atoms. The van der Waals surface area contributed by atoms with E-state index in [1.54, 1.807) is 7.11 Å². The minimum absolute atomic E-state index is 0.0689. The first-order valence-corrected chi connectivity index (χ1v) is 7.50. The van der Waals surface area contributed by atoms with E-state index in [1.807, 2.05) is 0 Å². The Hall–Kier alpha value is -0.650. The summed E-state index contributed by atoms with van der Waals surface area (Å²) >= 11 is 0. The van der Waals surface area contributed by atoms with E-state index in [0.29, 0.717) is 6.04 Å². The Labute approximate surface area is 116 Å². The van der Waals surface area contributed by atoms with Crippen molar-refractivity contribution in [1.29, 1.82) is 0 Å². The number of hydrogen-bond acceptors (Lipinski definition) is 4. The van der Waals surface area contributed by atoms with Crippen LogP contribution in [-0.4, -0.2) is 62.3 Å². The van der Waals surface area contributed by atoms with Gasteiger partial charge in [-0.25, -0.2) is 0 Å². The summed E-state index contributed by atoms with van der Waals surface area (Å²) in [5, 5.41) is 6.39. The predicted octanol–water partition coefficient (Wildman–Crippen LogP) is 0.356. The average molecular weight is 269 g/mol. The zero-order valence-electron chi connectivity index (χ0n) is 12.2. The number of carbonyl (C=O) groups is 1. The molecule has 2 N–H and O–H groups in total. The van der Waals surface area contributed by atoms with Crippen molar-refractivity contribution in [2.24, 2.45) is 0 Å². The molecule has 2 heterocycles. The highest BCUT2D eigenvalue weighted by molar-refractivity contribution is 5.85. The van der Waals surface area contributed by atoms with Crippen LogP contribution in [-0.2, 0) is 9.53 Å². The summed E-state index contributed by atoms with van der Waals surface area (Å²) in [6, 6.07) is 0.504. The SMILES string of the molecule is CCN1CCCC1CNC(=O)C1(OC)CCNCC1. The van der Waals surface area contributed by atoms with E-state index in [2.05, 4.69) is 22.5 Å². The van der Waals surface area contributed by atoms with Gasteiger partial charge < -0.3 is 15.4 Å². The molecular formula is C14H27N3O2. The van der Waals surface area contributed by atoms with E-state index in [0.717, 1.165) is 45.6 Å². The Balaban J connectivity index is 1.85. The van der Waals surface area contributed by atoms with Crippen molar-refractivity contribution in [3.05, 3.63) is 0 Å². The monoisotopic (exact) mass is 269 g/mol. The maximum Gasteiger partial charge on any atom is 0.252 e. The highest BCUT2D eigenvalue weighted by atomic mass is 16.5. The Kier molecular flexibility index (Phi) is 5.19. The summed E-state index contributed by atoms with van der Waals surface area (Å²) in [6.45, 7) is 6.88. The highest BCUT2D eigenvalue weighted by Gasteiger charge is 2.40. The fraction of sp³-hybridized carbons (Fsp3) is 0.929. The van der Waals surface area contributed by atoms with E-state index >= 15 is 0 Å². The molecule has 5 nitrogen and oxygen atoms in total. The maximum atomic E-state index is 12.4. The highest BCUT2D eigenvalue weighted by Crippen LogP contribution is 2.23. The topological polar surface area (TPSA) is 53.6 Å². The summed E-state index contributed by atoms with van der Waals surface area (Å²) in [6.07, 6.45) is 3.96. The molecule has 0 spiro atoms. The lowest BCUT2D eigenvalue weighted by Crippen LogP contribution is -2.55.